The second kappa shape index (κ2) is 15.0. The van der Waals surface area contributed by atoms with Gasteiger partial charge in [0, 0.05) is 82.6 Å². The van der Waals surface area contributed by atoms with Crippen LogP contribution in [0.4, 0.5) is 33.7 Å². The first-order valence-electron chi connectivity index (χ1n) is 20.1. The first-order chi connectivity index (χ1) is 28.2. The Hall–Kier alpha value is -4.90. The van der Waals surface area contributed by atoms with Gasteiger partial charge in [0.1, 0.15) is 23.6 Å². The molecule has 10 rings (SSSR count). The lowest BCUT2D eigenvalue weighted by atomic mass is 9.97. The zero-order valence-electron chi connectivity index (χ0n) is 33.2. The van der Waals surface area contributed by atoms with Crippen molar-refractivity contribution in [1.82, 2.24) is 9.13 Å². The number of nitrogens with two attached hydrogens (primary N) is 2. The van der Waals surface area contributed by atoms with Crippen LogP contribution in [0.5, 0.6) is 11.5 Å². The number of hydrogen-bond donors (Lipinski definition) is 3. The minimum absolute atomic E-state index is 0.00745. The van der Waals surface area contributed by atoms with Crippen LogP contribution in [0.25, 0.3) is 21.8 Å². The summed E-state index contributed by atoms with van der Waals surface area (Å²) in [6.07, 6.45) is 7.66. The van der Waals surface area contributed by atoms with Crippen LogP contribution in [0.2, 0.25) is 0 Å². The summed E-state index contributed by atoms with van der Waals surface area (Å²) in [5.74, 6) is -0.563. The number of anilines is 2. The summed E-state index contributed by atoms with van der Waals surface area (Å²) in [6, 6.07) is 4.09. The monoisotopic (exact) mass is 828 g/mol. The number of rotatable bonds is 9. The number of ether oxygens (including phenoxy) is 2. The van der Waals surface area contributed by atoms with Gasteiger partial charge in [0.05, 0.1) is 48.4 Å². The van der Waals surface area contributed by atoms with Crippen LogP contribution in [0.3, 0.4) is 0 Å². The van der Waals surface area contributed by atoms with Gasteiger partial charge in [-0.05, 0) is 75.5 Å². The molecule has 0 amide bonds. The zero-order chi connectivity index (χ0) is 42.3. The summed E-state index contributed by atoms with van der Waals surface area (Å²) in [4.78, 5) is 41.2. The highest BCUT2D eigenvalue weighted by atomic mass is 20.0. The van der Waals surface area contributed by atoms with E-state index in [0.29, 0.717) is 47.6 Å². The number of aromatic carboxylic acids is 1. The van der Waals surface area contributed by atoms with Crippen molar-refractivity contribution in [2.45, 2.75) is 93.8 Å². The number of carboxylic acids is 1. The van der Waals surface area contributed by atoms with Gasteiger partial charge < -0.3 is 45.0 Å². The van der Waals surface area contributed by atoms with Crippen molar-refractivity contribution in [3.63, 3.8) is 0 Å². The number of nitrogens with zero attached hydrogens (tertiary/aromatic N) is 4. The second-order valence-corrected chi connectivity index (χ2v) is 17.3. The lowest BCUT2D eigenvalue weighted by Gasteiger charge is -2.25. The van der Waals surface area contributed by atoms with Crippen molar-refractivity contribution in [2.75, 3.05) is 50.2 Å². The molecule has 5 N–H and O–H groups in total. The van der Waals surface area contributed by atoms with E-state index in [0.717, 1.165) is 69.6 Å². The molecule has 4 aromatic rings. The highest BCUT2D eigenvalue weighted by molar-refractivity contribution is 5.97. The maximum atomic E-state index is 15.3. The van der Waals surface area contributed by atoms with Crippen molar-refractivity contribution in [3.05, 3.63) is 68.0 Å². The lowest BCUT2D eigenvalue weighted by molar-refractivity contribution is 0.0694. The van der Waals surface area contributed by atoms with Crippen molar-refractivity contribution in [3.8, 4) is 11.5 Å². The smallest absolute Gasteiger partial charge is 0.341 e. The van der Waals surface area contributed by atoms with E-state index in [1.807, 2.05) is 21.6 Å². The van der Waals surface area contributed by atoms with Crippen LogP contribution >= 0.6 is 0 Å². The predicted molar refractivity (Wildman–Crippen MR) is 213 cm³/mol. The number of aryl methyl sites for hydroxylation is 1. The fourth-order valence-corrected chi connectivity index (χ4v) is 9.47. The van der Waals surface area contributed by atoms with Crippen LogP contribution < -0.4 is 41.6 Å². The Bertz CT molecular complexity index is 2450. The number of carboxylic acid groups (broad SMARTS) is 1. The standard InChI is InChI=1S/C21H23F2N3O4.C21H26FN3O2.F2/c1-30-19-16-11(18(27)12(20(28)29)9-26(16)15-7-13(15)22)6-14(23)17(19)25-5-2-10(8-25)21(24)3-4-21;1-12-10-25(17-9-15(17)22)18-14(19(12)26)3-4-16(20(18)27-2)24-8-5-13(11-24)21(23)6-7-21;1-2/h6,9-10,13,15H,2-5,7-8,24H2,1H3,(H,28,29);3-4,10,13,15,17H,5-9,11,23H2,1-2H3;/t10-,13+,15-;13-,15+,17-;/m11./s1. The molecule has 2 aromatic carbocycles. The van der Waals surface area contributed by atoms with Gasteiger partial charge in [0.15, 0.2) is 22.7 Å². The Morgan fingerprint density at radius 2 is 1.31 bits per heavy atom. The molecule has 4 saturated carbocycles. The highest BCUT2D eigenvalue weighted by Gasteiger charge is 2.50. The van der Waals surface area contributed by atoms with Crippen LogP contribution in [0.15, 0.2) is 40.2 Å². The Morgan fingerprint density at radius 3 is 1.81 bits per heavy atom. The number of alkyl halides is 2. The number of hydrogen-bond acceptors (Lipinski definition) is 9. The summed E-state index contributed by atoms with van der Waals surface area (Å²) >= 11 is 0. The molecule has 0 unspecified atom stereocenters. The summed E-state index contributed by atoms with van der Waals surface area (Å²) in [7, 11) is 3.00. The van der Waals surface area contributed by atoms with Crippen molar-refractivity contribution in [2.24, 2.45) is 23.3 Å². The normalized spacial score (nSPS) is 26.8. The molecular weight excluding hydrogens is 779 g/mol. The quantitative estimate of drug-likeness (QED) is 0.166. The van der Waals surface area contributed by atoms with Gasteiger partial charge in [-0.3, -0.25) is 9.59 Å². The van der Waals surface area contributed by atoms with E-state index >= 15 is 4.39 Å². The molecule has 0 bridgehead atoms. The Morgan fingerprint density at radius 1 is 0.797 bits per heavy atom. The molecule has 2 aromatic heterocycles. The van der Waals surface area contributed by atoms with Crippen molar-refractivity contribution >= 4 is 39.1 Å². The van der Waals surface area contributed by atoms with E-state index in [-0.39, 0.29) is 57.2 Å². The molecule has 4 heterocycles. The molecule has 6 atom stereocenters. The van der Waals surface area contributed by atoms with Crippen LogP contribution in [-0.2, 0) is 0 Å². The Labute approximate surface area is 336 Å². The Kier molecular flexibility index (Phi) is 10.4. The highest BCUT2D eigenvalue weighted by Crippen LogP contribution is 2.50. The van der Waals surface area contributed by atoms with Gasteiger partial charge in [-0.25, -0.2) is 18.0 Å². The van der Waals surface area contributed by atoms with Crippen LogP contribution in [-0.4, -0.2) is 84.0 Å². The topological polar surface area (TPSA) is 158 Å². The van der Waals surface area contributed by atoms with Gasteiger partial charge in [0.2, 0.25) is 5.43 Å². The Balaban J connectivity index is 0.000000158. The number of benzene rings is 2. The van der Waals surface area contributed by atoms with Crippen LogP contribution in [0, 0.1) is 24.6 Å². The third kappa shape index (κ3) is 7.06. The fraction of sp³-hybridized carbons (Fsp3) is 0.548. The van der Waals surface area contributed by atoms with E-state index in [1.54, 1.807) is 20.2 Å². The largest absolute Gasteiger partial charge is 0.492 e. The first kappa shape index (κ1) is 40.9. The molecule has 17 heteroatoms. The average molecular weight is 829 g/mol. The molecule has 59 heavy (non-hydrogen) atoms. The zero-order valence-corrected chi connectivity index (χ0v) is 33.2. The fourth-order valence-electron chi connectivity index (χ4n) is 9.47. The number of fused-ring (bicyclic) bond motifs is 2. The van der Waals surface area contributed by atoms with E-state index in [4.69, 9.17) is 30.1 Å². The third-order valence-electron chi connectivity index (χ3n) is 13.5. The number of methoxy groups -OCH3 is 2. The van der Waals surface area contributed by atoms with E-state index in [1.165, 1.54) is 11.7 Å². The molecule has 0 radical (unpaired) electrons. The van der Waals surface area contributed by atoms with E-state index in [2.05, 4.69) is 4.90 Å². The van der Waals surface area contributed by atoms with Gasteiger partial charge in [-0.1, -0.05) is 0 Å². The predicted octanol–water partition coefficient (Wildman–Crippen LogP) is 6.21. The minimum atomic E-state index is -1.43. The van der Waals surface area contributed by atoms with Crippen molar-refractivity contribution in [1.29, 1.82) is 0 Å². The van der Waals surface area contributed by atoms with Gasteiger partial charge in [0.25, 0.3) is 0 Å². The maximum Gasteiger partial charge on any atom is 0.341 e. The summed E-state index contributed by atoms with van der Waals surface area (Å²) in [5.41, 5.74) is 14.0. The lowest BCUT2D eigenvalue weighted by Crippen LogP contribution is -2.34. The summed E-state index contributed by atoms with van der Waals surface area (Å²) in [6.45, 7) is 4.78. The van der Waals surface area contributed by atoms with Gasteiger partial charge in [-0.15, -0.1) is 0 Å². The number of pyridine rings is 2. The van der Waals surface area contributed by atoms with Crippen molar-refractivity contribution < 1.29 is 41.7 Å². The number of carbonyl (C=O) groups is 1. The van der Waals surface area contributed by atoms with E-state index < -0.39 is 41.2 Å². The molecule has 12 nitrogen and oxygen atoms in total. The minimum Gasteiger partial charge on any atom is -0.492 e. The van der Waals surface area contributed by atoms with Gasteiger partial charge >= 0.3 is 5.97 Å². The molecule has 4 aliphatic carbocycles. The van der Waals surface area contributed by atoms with E-state index in [9.17, 15) is 28.3 Å². The number of halogens is 5. The third-order valence-corrected chi connectivity index (χ3v) is 13.5. The maximum absolute atomic E-state index is 15.3. The number of aromatic nitrogens is 2. The molecule has 6 fully saturated rings. The first-order valence-corrected chi connectivity index (χ1v) is 20.1. The molecule has 2 aliphatic heterocycles. The summed E-state index contributed by atoms with van der Waals surface area (Å²) in [5, 5.41) is 9.88. The van der Waals surface area contributed by atoms with Crippen LogP contribution in [0.1, 0.15) is 79.4 Å². The van der Waals surface area contributed by atoms with Gasteiger partial charge in [-0.2, -0.15) is 0 Å². The average Bonchev–Trinajstić information content (AvgIpc) is 4.21. The molecular formula is C42H49F5N6O6. The molecule has 318 valence electrons. The SMILES string of the molecule is COc1c(N2CC[C@@H](C3(N)CC3)C2)c(F)cc2c(=O)c(C(=O)O)cn([C@@H]3C[C@@H]3F)c12.COc1c(N2CC[C@@H](C3(N)CC3)C2)ccc2c(=O)c(C)cn([C@@H]3C[C@@H]3F)c12.FF. The molecule has 6 aliphatic rings. The molecule has 2 saturated heterocycles. The summed E-state index contributed by atoms with van der Waals surface area (Å²) < 4.78 is 73.8. The molecule has 0 spiro atoms. The second-order valence-electron chi connectivity index (χ2n) is 17.3.